The summed E-state index contributed by atoms with van der Waals surface area (Å²) < 4.78 is 1.37. The van der Waals surface area contributed by atoms with Gasteiger partial charge in [0.25, 0.3) is 5.91 Å². The zero-order chi connectivity index (χ0) is 17.1. The van der Waals surface area contributed by atoms with E-state index in [1.54, 1.807) is 7.05 Å². The summed E-state index contributed by atoms with van der Waals surface area (Å²) in [5.74, 6) is -0.204. The zero-order valence-corrected chi connectivity index (χ0v) is 14.2. The van der Waals surface area contributed by atoms with Crippen LogP contribution in [0.3, 0.4) is 0 Å². The lowest BCUT2D eigenvalue weighted by Gasteiger charge is -2.32. The van der Waals surface area contributed by atoms with Gasteiger partial charge in [0.15, 0.2) is 0 Å². The third-order valence-corrected chi connectivity index (χ3v) is 4.54. The third-order valence-electron chi connectivity index (χ3n) is 4.54. The largest absolute Gasteiger partial charge is 0.348 e. The summed E-state index contributed by atoms with van der Waals surface area (Å²) in [6.45, 7) is 4.99. The maximum absolute atomic E-state index is 12.2. The highest BCUT2D eigenvalue weighted by molar-refractivity contribution is 5.92. The smallest absolute Gasteiger partial charge is 0.325 e. The first-order chi connectivity index (χ1) is 11.5. The summed E-state index contributed by atoms with van der Waals surface area (Å²) in [6.07, 6.45) is 3.38. The number of H-pyrrole nitrogens is 1. The molecule has 1 aliphatic heterocycles. The first kappa shape index (κ1) is 16.5. The molecule has 1 amide bonds. The van der Waals surface area contributed by atoms with Gasteiger partial charge in [-0.15, -0.1) is 0 Å². The number of hydrogen-bond acceptors (Lipinski definition) is 3. The van der Waals surface area contributed by atoms with Crippen molar-refractivity contribution in [1.29, 1.82) is 0 Å². The highest BCUT2D eigenvalue weighted by Crippen LogP contribution is 2.15. The number of carbonyl (C=O) groups excluding carboxylic acids is 1. The molecule has 1 saturated heterocycles. The number of aryl methyl sites for hydroxylation is 2. The number of carbonyl (C=O) groups is 1. The molecular formula is C18H24N4O2. The van der Waals surface area contributed by atoms with Gasteiger partial charge >= 0.3 is 5.69 Å². The van der Waals surface area contributed by atoms with Gasteiger partial charge in [-0.1, -0.05) is 29.8 Å². The molecule has 1 fully saturated rings. The number of imidazole rings is 1. The number of rotatable bonds is 4. The van der Waals surface area contributed by atoms with Crippen molar-refractivity contribution in [3.63, 3.8) is 0 Å². The van der Waals surface area contributed by atoms with Crippen molar-refractivity contribution >= 4 is 5.91 Å². The van der Waals surface area contributed by atoms with E-state index in [1.807, 2.05) is 0 Å². The minimum absolute atomic E-state index is 0.162. The molecular weight excluding hydrogens is 304 g/mol. The third kappa shape index (κ3) is 3.94. The fourth-order valence-corrected chi connectivity index (χ4v) is 3.17. The molecule has 2 aromatic rings. The van der Waals surface area contributed by atoms with Crippen LogP contribution in [-0.4, -0.2) is 39.5 Å². The fourth-order valence-electron chi connectivity index (χ4n) is 3.17. The van der Waals surface area contributed by atoms with Gasteiger partial charge in [0.2, 0.25) is 0 Å². The van der Waals surface area contributed by atoms with Crippen molar-refractivity contribution in [2.45, 2.75) is 32.4 Å². The second kappa shape index (κ2) is 7.05. The number of aromatic nitrogens is 2. The Morgan fingerprint density at radius 3 is 2.71 bits per heavy atom. The topological polar surface area (TPSA) is 70.1 Å². The summed E-state index contributed by atoms with van der Waals surface area (Å²) in [7, 11) is 1.62. The molecule has 6 heteroatoms. The van der Waals surface area contributed by atoms with E-state index in [2.05, 4.69) is 46.4 Å². The monoisotopic (exact) mass is 328 g/mol. The minimum atomic E-state index is -0.270. The average molecular weight is 328 g/mol. The second-order valence-corrected chi connectivity index (χ2v) is 6.60. The first-order valence-corrected chi connectivity index (χ1v) is 8.35. The van der Waals surface area contributed by atoms with E-state index in [0.29, 0.717) is 5.69 Å². The lowest BCUT2D eigenvalue weighted by atomic mass is 10.0. The molecule has 6 nitrogen and oxygen atoms in total. The summed E-state index contributed by atoms with van der Waals surface area (Å²) in [5, 5.41) is 3.02. The molecule has 0 bridgehead atoms. The van der Waals surface area contributed by atoms with Gasteiger partial charge < -0.3 is 14.9 Å². The first-order valence-electron chi connectivity index (χ1n) is 8.35. The lowest BCUT2D eigenvalue weighted by Crippen LogP contribution is -2.44. The Balaban J connectivity index is 1.50. The standard InChI is InChI=1S/C18H24N4O2/c1-13-4-3-5-14(10-13)11-22-8-6-15(7-9-22)19-17(23)16-12-21(2)18(24)20-16/h3-5,10,12,15H,6-9,11H2,1-2H3,(H,19,23)(H,20,24). The molecule has 1 aromatic heterocycles. The minimum Gasteiger partial charge on any atom is -0.348 e. The highest BCUT2D eigenvalue weighted by atomic mass is 16.2. The normalized spacial score (nSPS) is 16.2. The van der Waals surface area contributed by atoms with Gasteiger partial charge in [-0.3, -0.25) is 9.69 Å². The molecule has 0 atom stereocenters. The van der Waals surface area contributed by atoms with Gasteiger partial charge in [-0.05, 0) is 25.3 Å². The summed E-state index contributed by atoms with van der Waals surface area (Å²) in [5.41, 5.74) is 2.67. The second-order valence-electron chi connectivity index (χ2n) is 6.60. The molecule has 0 aliphatic carbocycles. The number of amides is 1. The van der Waals surface area contributed by atoms with Crippen molar-refractivity contribution in [3.8, 4) is 0 Å². The molecule has 0 unspecified atom stereocenters. The van der Waals surface area contributed by atoms with Crippen molar-refractivity contribution in [2.24, 2.45) is 7.05 Å². The molecule has 0 radical (unpaired) electrons. The van der Waals surface area contributed by atoms with Gasteiger partial charge in [0.05, 0.1) is 0 Å². The summed E-state index contributed by atoms with van der Waals surface area (Å²) >= 11 is 0. The quantitative estimate of drug-likeness (QED) is 0.892. The Hall–Kier alpha value is -2.34. The van der Waals surface area contributed by atoms with Crippen LogP contribution in [0.4, 0.5) is 0 Å². The van der Waals surface area contributed by atoms with E-state index in [-0.39, 0.29) is 17.6 Å². The molecule has 0 spiro atoms. The highest BCUT2D eigenvalue weighted by Gasteiger charge is 2.22. The molecule has 1 aromatic carbocycles. The molecule has 1 aliphatic rings. The van der Waals surface area contributed by atoms with Gasteiger partial charge in [0.1, 0.15) is 5.69 Å². The van der Waals surface area contributed by atoms with Gasteiger partial charge in [0, 0.05) is 38.9 Å². The molecule has 0 saturated carbocycles. The van der Waals surface area contributed by atoms with Crippen LogP contribution in [0.1, 0.15) is 34.5 Å². The van der Waals surface area contributed by atoms with E-state index in [4.69, 9.17) is 0 Å². The van der Waals surface area contributed by atoms with E-state index in [1.165, 1.54) is 21.9 Å². The number of aromatic amines is 1. The molecule has 24 heavy (non-hydrogen) atoms. The van der Waals surface area contributed by atoms with Crippen molar-refractivity contribution < 1.29 is 4.79 Å². The maximum atomic E-state index is 12.2. The summed E-state index contributed by atoms with van der Waals surface area (Å²) in [6, 6.07) is 8.75. The van der Waals surface area contributed by atoms with Crippen LogP contribution in [0.25, 0.3) is 0 Å². The Bertz CT molecular complexity index is 769. The average Bonchev–Trinajstić information content (AvgIpc) is 2.89. The number of piperidine rings is 1. The Kier molecular flexibility index (Phi) is 4.85. The van der Waals surface area contributed by atoms with Gasteiger partial charge in [-0.25, -0.2) is 4.79 Å². The predicted molar refractivity (Wildman–Crippen MR) is 93.0 cm³/mol. The number of likely N-dealkylation sites (tertiary alicyclic amines) is 1. The Morgan fingerprint density at radius 2 is 2.08 bits per heavy atom. The van der Waals surface area contributed by atoms with Crippen LogP contribution in [0.5, 0.6) is 0 Å². The lowest BCUT2D eigenvalue weighted by molar-refractivity contribution is 0.0904. The Morgan fingerprint density at radius 1 is 1.33 bits per heavy atom. The van der Waals surface area contributed by atoms with Crippen molar-refractivity contribution in [1.82, 2.24) is 19.8 Å². The SMILES string of the molecule is Cc1cccc(CN2CCC(NC(=O)c3cn(C)c(=O)[nH]3)CC2)c1. The number of nitrogens with zero attached hydrogens (tertiary/aromatic N) is 2. The van der Waals surface area contributed by atoms with E-state index >= 15 is 0 Å². The van der Waals surface area contributed by atoms with Crippen molar-refractivity contribution in [2.75, 3.05) is 13.1 Å². The van der Waals surface area contributed by atoms with Crippen LogP contribution >= 0.6 is 0 Å². The number of benzene rings is 1. The molecule has 128 valence electrons. The fraction of sp³-hybridized carbons (Fsp3) is 0.444. The molecule has 2 heterocycles. The maximum Gasteiger partial charge on any atom is 0.325 e. The van der Waals surface area contributed by atoms with Crippen LogP contribution in [0, 0.1) is 6.92 Å². The van der Waals surface area contributed by atoms with Crippen molar-refractivity contribution in [3.05, 3.63) is 57.8 Å². The van der Waals surface area contributed by atoms with E-state index in [0.717, 1.165) is 32.5 Å². The molecule has 2 N–H and O–H groups in total. The van der Waals surface area contributed by atoms with Crippen LogP contribution in [-0.2, 0) is 13.6 Å². The van der Waals surface area contributed by atoms with Crippen LogP contribution in [0.2, 0.25) is 0 Å². The Labute approximate surface area is 141 Å². The van der Waals surface area contributed by atoms with E-state index in [9.17, 15) is 9.59 Å². The van der Waals surface area contributed by atoms with Crippen LogP contribution in [0.15, 0.2) is 35.3 Å². The van der Waals surface area contributed by atoms with Gasteiger partial charge in [-0.2, -0.15) is 0 Å². The summed E-state index contributed by atoms with van der Waals surface area (Å²) in [4.78, 5) is 28.6. The predicted octanol–water partition coefficient (Wildman–Crippen LogP) is 1.42. The zero-order valence-electron chi connectivity index (χ0n) is 14.2. The molecule has 3 rings (SSSR count). The number of hydrogen-bond donors (Lipinski definition) is 2. The van der Waals surface area contributed by atoms with Crippen LogP contribution < -0.4 is 11.0 Å². The number of nitrogens with one attached hydrogen (secondary N) is 2. The van der Waals surface area contributed by atoms with E-state index < -0.39 is 0 Å².